The molecule has 0 fully saturated rings. The van der Waals surface area contributed by atoms with Crippen LogP contribution in [0.1, 0.15) is 47.0 Å². The first-order chi connectivity index (χ1) is 11.0. The smallest absolute Gasteiger partial charge is 0.434 e. The van der Waals surface area contributed by atoms with Crippen LogP contribution in [0.3, 0.4) is 0 Å². The van der Waals surface area contributed by atoms with E-state index in [4.69, 9.17) is 30.3 Å². The number of hydrogen-bond donors (Lipinski definition) is 4. The average molecular weight is 356 g/mol. The molecule has 144 valence electrons. The third-order valence-corrected chi connectivity index (χ3v) is 3.50. The second-order valence-corrected chi connectivity index (χ2v) is 5.98. The Balaban J connectivity index is 3.97. The first kappa shape index (κ1) is 22.9. The minimum atomic E-state index is -0.853. The topological polar surface area (TPSA) is 141 Å². The Morgan fingerprint density at radius 2 is 1.71 bits per heavy atom. The lowest BCUT2D eigenvalue weighted by molar-refractivity contribution is -0.527. The monoisotopic (exact) mass is 356 g/mol. The summed E-state index contributed by atoms with van der Waals surface area (Å²) in [4.78, 5) is 20.5. The molecule has 0 aromatic heterocycles. The zero-order valence-corrected chi connectivity index (χ0v) is 14.4. The second-order valence-electron chi connectivity index (χ2n) is 5.98. The van der Waals surface area contributed by atoms with Crippen LogP contribution in [-0.2, 0) is 19.1 Å². The van der Waals surface area contributed by atoms with Crippen LogP contribution in [0.2, 0.25) is 0 Å². The van der Waals surface area contributed by atoms with Crippen molar-refractivity contribution in [2.75, 3.05) is 13.2 Å². The summed E-state index contributed by atoms with van der Waals surface area (Å²) in [6, 6.07) is 0. The quantitative estimate of drug-likeness (QED) is 0.232. The van der Waals surface area contributed by atoms with Crippen molar-refractivity contribution in [3.63, 3.8) is 0 Å². The molecule has 24 heavy (non-hydrogen) atoms. The fraction of sp³-hybridized carbons (Fsp3) is 0.923. The van der Waals surface area contributed by atoms with E-state index in [9.17, 15) is 4.79 Å². The molecule has 0 heterocycles. The SMILES string of the molecule is CC(C)C(C)(C)OC(=O)OCCCC[C@H](CON(O)O)ON(O)O. The summed E-state index contributed by atoms with van der Waals surface area (Å²) in [5.74, 6) is 0.139. The van der Waals surface area contributed by atoms with Crippen LogP contribution in [0.4, 0.5) is 4.79 Å². The van der Waals surface area contributed by atoms with Crippen LogP contribution in [0.15, 0.2) is 0 Å². The highest BCUT2D eigenvalue weighted by atomic mass is 17.1. The molecular formula is C13H28N2O9. The summed E-state index contributed by atoms with van der Waals surface area (Å²) in [6.45, 7) is 7.23. The van der Waals surface area contributed by atoms with Crippen molar-refractivity contribution < 1.29 is 44.8 Å². The first-order valence-electron chi connectivity index (χ1n) is 7.55. The van der Waals surface area contributed by atoms with Crippen LogP contribution in [0, 0.1) is 5.92 Å². The number of carbonyl (C=O) groups is 1. The molecule has 0 bridgehead atoms. The predicted octanol–water partition coefficient (Wildman–Crippen LogP) is 2.14. The van der Waals surface area contributed by atoms with Gasteiger partial charge in [-0.2, -0.15) is 0 Å². The van der Waals surface area contributed by atoms with Gasteiger partial charge in [0.1, 0.15) is 18.3 Å². The third-order valence-electron chi connectivity index (χ3n) is 3.50. The molecule has 1 atom stereocenters. The van der Waals surface area contributed by atoms with Crippen molar-refractivity contribution in [2.45, 2.75) is 58.7 Å². The molecule has 0 aliphatic carbocycles. The molecule has 0 radical (unpaired) electrons. The molecule has 11 nitrogen and oxygen atoms in total. The van der Waals surface area contributed by atoms with E-state index in [2.05, 4.69) is 9.68 Å². The van der Waals surface area contributed by atoms with Gasteiger partial charge in [-0.05, 0) is 39.0 Å². The van der Waals surface area contributed by atoms with Gasteiger partial charge in [-0.1, -0.05) is 13.8 Å². The Morgan fingerprint density at radius 3 is 2.21 bits per heavy atom. The Bertz CT molecular complexity index is 350. The summed E-state index contributed by atoms with van der Waals surface area (Å²) in [6.07, 6.45) is -0.372. The van der Waals surface area contributed by atoms with Gasteiger partial charge in [-0.15, -0.1) is 0 Å². The molecule has 0 unspecified atom stereocenters. The molecule has 0 aromatic carbocycles. The maximum absolute atomic E-state index is 11.6. The summed E-state index contributed by atoms with van der Waals surface area (Å²) in [5, 5.41) is 33.1. The van der Waals surface area contributed by atoms with Crippen LogP contribution in [0.25, 0.3) is 0 Å². The van der Waals surface area contributed by atoms with Gasteiger partial charge in [0.2, 0.25) is 0 Å². The standard InChI is InChI=1S/C13H28N2O9/c1-10(2)13(3,4)23-12(16)21-8-6-5-7-11(24-15(19)20)9-22-14(17)18/h10-11,17-20H,5-9H2,1-4H3/t11-/m1/s1. The Hall–Kier alpha value is -1.05. The largest absolute Gasteiger partial charge is 0.508 e. The molecular weight excluding hydrogens is 328 g/mol. The van der Waals surface area contributed by atoms with Crippen LogP contribution < -0.4 is 0 Å². The number of nitrogens with zero attached hydrogens (tertiary/aromatic N) is 2. The van der Waals surface area contributed by atoms with Crippen molar-refractivity contribution in [3.8, 4) is 0 Å². The number of ether oxygens (including phenoxy) is 2. The molecule has 0 spiro atoms. The Morgan fingerprint density at radius 1 is 1.08 bits per heavy atom. The summed E-state index contributed by atoms with van der Waals surface area (Å²) in [5.41, 5.74) is -0.625. The lowest BCUT2D eigenvalue weighted by Gasteiger charge is -2.28. The minimum Gasteiger partial charge on any atom is -0.434 e. The van der Waals surface area contributed by atoms with Crippen LogP contribution >= 0.6 is 0 Å². The van der Waals surface area contributed by atoms with E-state index in [0.29, 0.717) is 12.8 Å². The molecule has 0 aliphatic heterocycles. The lowest BCUT2D eigenvalue weighted by Crippen LogP contribution is -2.34. The van der Waals surface area contributed by atoms with Crippen molar-refractivity contribution in [2.24, 2.45) is 5.92 Å². The van der Waals surface area contributed by atoms with Gasteiger partial charge in [0.15, 0.2) is 0 Å². The van der Waals surface area contributed by atoms with Gasteiger partial charge >= 0.3 is 6.16 Å². The summed E-state index contributed by atoms with van der Waals surface area (Å²) in [7, 11) is 0. The molecule has 4 N–H and O–H groups in total. The molecule has 0 saturated carbocycles. The van der Waals surface area contributed by atoms with Crippen molar-refractivity contribution >= 4 is 6.16 Å². The Labute approximate surface area is 140 Å². The summed E-state index contributed by atoms with van der Waals surface area (Å²) < 4.78 is 10.2. The molecule has 0 saturated heterocycles. The highest BCUT2D eigenvalue weighted by Crippen LogP contribution is 2.21. The molecule has 11 heteroatoms. The molecule has 0 rings (SSSR count). The van der Waals surface area contributed by atoms with Gasteiger partial charge in [0.05, 0.1) is 17.4 Å². The van der Waals surface area contributed by atoms with Crippen molar-refractivity contribution in [1.82, 2.24) is 10.8 Å². The van der Waals surface area contributed by atoms with Gasteiger partial charge in [-0.25, -0.2) is 14.5 Å². The zero-order valence-electron chi connectivity index (χ0n) is 14.4. The van der Waals surface area contributed by atoms with E-state index in [1.54, 1.807) is 13.8 Å². The fourth-order valence-electron chi connectivity index (χ4n) is 1.44. The van der Waals surface area contributed by atoms with E-state index >= 15 is 0 Å². The third kappa shape index (κ3) is 11.5. The van der Waals surface area contributed by atoms with Crippen molar-refractivity contribution in [3.05, 3.63) is 0 Å². The first-order valence-corrected chi connectivity index (χ1v) is 7.55. The van der Waals surface area contributed by atoms with E-state index in [0.717, 1.165) is 0 Å². The lowest BCUT2D eigenvalue weighted by atomic mass is 9.95. The summed E-state index contributed by atoms with van der Waals surface area (Å²) >= 11 is 0. The molecule has 0 amide bonds. The highest BCUT2D eigenvalue weighted by Gasteiger charge is 2.27. The number of hydrogen-bond acceptors (Lipinski definition) is 11. The number of rotatable bonds is 12. The van der Waals surface area contributed by atoms with E-state index < -0.39 is 28.6 Å². The Kier molecular flexibility index (Phi) is 11.0. The van der Waals surface area contributed by atoms with Gasteiger partial charge in [-0.3, -0.25) is 20.8 Å². The van der Waals surface area contributed by atoms with Gasteiger partial charge in [0, 0.05) is 0 Å². The van der Waals surface area contributed by atoms with E-state index in [1.807, 2.05) is 13.8 Å². The predicted molar refractivity (Wildman–Crippen MR) is 76.9 cm³/mol. The van der Waals surface area contributed by atoms with E-state index in [1.165, 1.54) is 0 Å². The maximum Gasteiger partial charge on any atom is 0.508 e. The number of unbranched alkanes of at least 4 members (excludes halogenated alkanes) is 1. The second kappa shape index (κ2) is 11.5. The maximum atomic E-state index is 11.6. The highest BCUT2D eigenvalue weighted by molar-refractivity contribution is 5.60. The van der Waals surface area contributed by atoms with Crippen LogP contribution in [-0.4, -0.2) is 62.7 Å². The van der Waals surface area contributed by atoms with Crippen molar-refractivity contribution in [1.29, 1.82) is 0 Å². The molecule has 0 aromatic rings. The molecule has 0 aliphatic rings. The van der Waals surface area contributed by atoms with Crippen LogP contribution in [0.5, 0.6) is 0 Å². The van der Waals surface area contributed by atoms with Gasteiger partial charge in [0.25, 0.3) is 0 Å². The van der Waals surface area contributed by atoms with E-state index in [-0.39, 0.29) is 25.6 Å². The zero-order chi connectivity index (χ0) is 18.8. The number of carbonyl (C=O) groups excluding carboxylic acids is 1. The normalized spacial score (nSPS) is 13.6. The average Bonchev–Trinajstić information content (AvgIpc) is 2.42. The minimum absolute atomic E-state index is 0.120. The fourth-order valence-corrected chi connectivity index (χ4v) is 1.44. The van der Waals surface area contributed by atoms with Gasteiger partial charge < -0.3 is 9.47 Å².